The van der Waals surface area contributed by atoms with Gasteiger partial charge in [0.15, 0.2) is 0 Å². The Kier molecular flexibility index (Phi) is 5.00. The summed E-state index contributed by atoms with van der Waals surface area (Å²) in [6, 6.07) is 3.75. The maximum absolute atomic E-state index is 13.0. The van der Waals surface area contributed by atoms with E-state index in [0.29, 0.717) is 37.0 Å². The van der Waals surface area contributed by atoms with E-state index in [1.165, 1.54) is 12.1 Å². The van der Waals surface area contributed by atoms with Crippen molar-refractivity contribution in [3.63, 3.8) is 0 Å². The maximum Gasteiger partial charge on any atom is 0.315 e. The molecule has 108 valence electrons. The Morgan fingerprint density at radius 3 is 2.60 bits per heavy atom. The summed E-state index contributed by atoms with van der Waals surface area (Å²) in [6.45, 7) is 3.76. The first-order chi connectivity index (χ1) is 9.67. The van der Waals surface area contributed by atoms with E-state index in [1.807, 2.05) is 6.92 Å². The number of anilines is 1. The molecule has 0 atom stereocenters. The monoisotopic (exact) mass is 282 g/mol. The van der Waals surface area contributed by atoms with Gasteiger partial charge in [-0.05, 0) is 30.7 Å². The first kappa shape index (κ1) is 14.4. The molecule has 2 aromatic rings. The molecule has 1 heterocycles. The third-order valence-electron chi connectivity index (χ3n) is 2.61. The van der Waals surface area contributed by atoms with E-state index in [1.54, 1.807) is 0 Å². The van der Waals surface area contributed by atoms with Crippen molar-refractivity contribution >= 4 is 6.01 Å². The van der Waals surface area contributed by atoms with Crippen LogP contribution in [-0.2, 0) is 13.0 Å². The second-order valence-corrected chi connectivity index (χ2v) is 4.24. The molecular weight excluding hydrogens is 266 g/mol. The van der Waals surface area contributed by atoms with Crippen molar-refractivity contribution in [1.29, 1.82) is 0 Å². The van der Waals surface area contributed by atoms with Gasteiger partial charge in [-0.3, -0.25) is 0 Å². The smallest absolute Gasteiger partial charge is 0.315 e. The van der Waals surface area contributed by atoms with Crippen LogP contribution < -0.4 is 10.6 Å². The molecule has 1 aromatic heterocycles. The number of benzene rings is 1. The lowest BCUT2D eigenvalue weighted by Crippen LogP contribution is -2.11. The quantitative estimate of drug-likeness (QED) is 0.814. The fourth-order valence-corrected chi connectivity index (χ4v) is 1.70. The van der Waals surface area contributed by atoms with E-state index < -0.39 is 11.6 Å². The van der Waals surface area contributed by atoms with Gasteiger partial charge in [0.1, 0.15) is 11.6 Å². The molecule has 2 rings (SSSR count). The summed E-state index contributed by atoms with van der Waals surface area (Å²) in [5.41, 5.74) is 0.572. The molecule has 20 heavy (non-hydrogen) atoms. The molecule has 0 saturated carbocycles. The predicted octanol–water partition coefficient (Wildman–Crippen LogP) is 2.11. The second kappa shape index (κ2) is 6.95. The normalized spacial score (nSPS) is 10.8. The molecule has 0 bridgehead atoms. The number of nitrogens with one attached hydrogen (secondary N) is 2. The molecule has 0 saturated heterocycles. The zero-order valence-corrected chi connectivity index (χ0v) is 11.1. The fourth-order valence-electron chi connectivity index (χ4n) is 1.70. The average Bonchev–Trinajstić information content (AvgIpc) is 2.83. The van der Waals surface area contributed by atoms with Crippen LogP contribution in [0.1, 0.15) is 18.4 Å². The third kappa shape index (κ3) is 4.27. The van der Waals surface area contributed by atoms with Crippen LogP contribution in [0.2, 0.25) is 0 Å². The lowest BCUT2D eigenvalue weighted by molar-refractivity contribution is 0.481. The minimum absolute atomic E-state index is 0.301. The van der Waals surface area contributed by atoms with E-state index in [-0.39, 0.29) is 0 Å². The van der Waals surface area contributed by atoms with Gasteiger partial charge in [0, 0.05) is 12.6 Å². The van der Waals surface area contributed by atoms with E-state index in [2.05, 4.69) is 20.8 Å². The van der Waals surface area contributed by atoms with Crippen molar-refractivity contribution in [1.82, 2.24) is 15.5 Å². The van der Waals surface area contributed by atoms with Crippen molar-refractivity contribution in [2.75, 3.05) is 18.4 Å². The molecule has 0 aliphatic heterocycles. The van der Waals surface area contributed by atoms with Crippen molar-refractivity contribution in [3.05, 3.63) is 41.3 Å². The van der Waals surface area contributed by atoms with Gasteiger partial charge >= 0.3 is 6.01 Å². The lowest BCUT2D eigenvalue weighted by Gasteiger charge is -2.02. The maximum atomic E-state index is 13.0. The highest BCUT2D eigenvalue weighted by Crippen LogP contribution is 2.10. The molecule has 0 aliphatic rings. The largest absolute Gasteiger partial charge is 0.407 e. The summed E-state index contributed by atoms with van der Waals surface area (Å²) in [5, 5.41) is 13.6. The highest BCUT2D eigenvalue weighted by molar-refractivity contribution is 5.21. The Hall–Kier alpha value is -2.02. The Morgan fingerprint density at radius 1 is 1.15 bits per heavy atom. The van der Waals surface area contributed by atoms with Gasteiger partial charge in [0.2, 0.25) is 5.89 Å². The summed E-state index contributed by atoms with van der Waals surface area (Å²) in [7, 11) is 0. The Morgan fingerprint density at radius 2 is 1.90 bits per heavy atom. The Labute approximate surface area is 115 Å². The van der Waals surface area contributed by atoms with E-state index in [4.69, 9.17) is 4.42 Å². The van der Waals surface area contributed by atoms with Crippen LogP contribution in [0.3, 0.4) is 0 Å². The topological polar surface area (TPSA) is 63.0 Å². The summed E-state index contributed by atoms with van der Waals surface area (Å²) in [4.78, 5) is 0. The molecule has 0 amide bonds. The first-order valence-corrected chi connectivity index (χ1v) is 6.39. The SMILES string of the molecule is CCNCc1nnc(NCCc2cc(F)cc(F)c2)o1. The zero-order chi connectivity index (χ0) is 14.4. The number of aromatic nitrogens is 2. The van der Waals surface area contributed by atoms with Gasteiger partial charge in [0.05, 0.1) is 6.54 Å². The second-order valence-electron chi connectivity index (χ2n) is 4.24. The van der Waals surface area contributed by atoms with Crippen LogP contribution in [0, 0.1) is 11.6 Å². The molecule has 1 aromatic carbocycles. The van der Waals surface area contributed by atoms with Gasteiger partial charge in [0.25, 0.3) is 0 Å². The molecule has 0 aliphatic carbocycles. The molecule has 0 unspecified atom stereocenters. The van der Waals surface area contributed by atoms with Crippen molar-refractivity contribution in [2.45, 2.75) is 19.9 Å². The Balaban J connectivity index is 1.81. The van der Waals surface area contributed by atoms with Gasteiger partial charge < -0.3 is 15.1 Å². The first-order valence-electron chi connectivity index (χ1n) is 6.39. The van der Waals surface area contributed by atoms with Crippen LogP contribution >= 0.6 is 0 Å². The number of hydrogen-bond donors (Lipinski definition) is 2. The van der Waals surface area contributed by atoms with Crippen molar-refractivity contribution < 1.29 is 13.2 Å². The molecular formula is C13H16F2N4O. The molecule has 0 radical (unpaired) electrons. The van der Waals surface area contributed by atoms with Crippen LogP contribution in [0.15, 0.2) is 22.6 Å². The summed E-state index contributed by atoms with van der Waals surface area (Å²) in [6.07, 6.45) is 0.458. The lowest BCUT2D eigenvalue weighted by atomic mass is 10.1. The summed E-state index contributed by atoms with van der Waals surface area (Å²) < 4.78 is 31.3. The Bertz CT molecular complexity index is 539. The van der Waals surface area contributed by atoms with Crippen LogP contribution in [0.5, 0.6) is 0 Å². The zero-order valence-electron chi connectivity index (χ0n) is 11.1. The highest BCUT2D eigenvalue weighted by Gasteiger charge is 2.05. The predicted molar refractivity (Wildman–Crippen MR) is 70.2 cm³/mol. The molecule has 7 heteroatoms. The summed E-state index contributed by atoms with van der Waals surface area (Å²) in [5.74, 6) is -0.664. The van der Waals surface area contributed by atoms with Gasteiger partial charge in [-0.25, -0.2) is 8.78 Å². The molecule has 0 spiro atoms. The van der Waals surface area contributed by atoms with Crippen molar-refractivity contribution in [3.8, 4) is 0 Å². The van der Waals surface area contributed by atoms with E-state index >= 15 is 0 Å². The van der Waals surface area contributed by atoms with Crippen LogP contribution in [0.25, 0.3) is 0 Å². The standard InChI is InChI=1S/C13H16F2N4O/c1-2-16-8-12-18-19-13(20-12)17-4-3-9-5-10(14)7-11(15)6-9/h5-7,16H,2-4,8H2,1H3,(H,17,19). The molecule has 5 nitrogen and oxygen atoms in total. The number of hydrogen-bond acceptors (Lipinski definition) is 5. The van der Waals surface area contributed by atoms with Gasteiger partial charge in [-0.15, -0.1) is 5.10 Å². The fraction of sp³-hybridized carbons (Fsp3) is 0.385. The molecule has 2 N–H and O–H groups in total. The minimum atomic E-state index is -0.578. The van der Waals surface area contributed by atoms with E-state index in [0.717, 1.165) is 12.6 Å². The van der Waals surface area contributed by atoms with Gasteiger partial charge in [-0.2, -0.15) is 0 Å². The number of rotatable bonds is 7. The molecule has 0 fully saturated rings. The van der Waals surface area contributed by atoms with E-state index in [9.17, 15) is 8.78 Å². The minimum Gasteiger partial charge on any atom is -0.407 e. The van der Waals surface area contributed by atoms with Crippen LogP contribution in [0.4, 0.5) is 14.8 Å². The van der Waals surface area contributed by atoms with Crippen LogP contribution in [-0.4, -0.2) is 23.3 Å². The number of nitrogens with zero attached hydrogens (tertiary/aromatic N) is 2. The van der Waals surface area contributed by atoms with Gasteiger partial charge in [-0.1, -0.05) is 12.0 Å². The third-order valence-corrected chi connectivity index (χ3v) is 2.61. The highest BCUT2D eigenvalue weighted by atomic mass is 19.1. The van der Waals surface area contributed by atoms with Crippen molar-refractivity contribution in [2.24, 2.45) is 0 Å². The number of halogens is 2. The summed E-state index contributed by atoms with van der Waals surface area (Å²) >= 11 is 0. The average molecular weight is 282 g/mol.